The summed E-state index contributed by atoms with van der Waals surface area (Å²) in [6.07, 6.45) is 3.92. The highest BCUT2D eigenvalue weighted by molar-refractivity contribution is 4.88. The number of likely N-dealkylation sites (N-methyl/N-ethyl adjacent to an activating group) is 1. The summed E-state index contributed by atoms with van der Waals surface area (Å²) >= 11 is 0. The van der Waals surface area contributed by atoms with Crippen LogP contribution in [0.5, 0.6) is 0 Å². The molecule has 16 heavy (non-hydrogen) atoms. The predicted molar refractivity (Wildman–Crippen MR) is 68.4 cm³/mol. The molecule has 1 aliphatic carbocycles. The van der Waals surface area contributed by atoms with E-state index in [1.165, 1.54) is 19.3 Å². The molecule has 0 saturated heterocycles. The van der Waals surface area contributed by atoms with E-state index in [0.717, 1.165) is 13.2 Å². The molecule has 0 aliphatic heterocycles. The first-order valence-electron chi connectivity index (χ1n) is 6.52. The number of methoxy groups -OCH3 is 1. The van der Waals surface area contributed by atoms with Gasteiger partial charge in [-0.05, 0) is 38.3 Å². The first kappa shape index (κ1) is 13.9. The quantitative estimate of drug-likeness (QED) is 0.752. The molecule has 0 aromatic rings. The summed E-state index contributed by atoms with van der Waals surface area (Å²) in [5, 5.41) is 0. The summed E-state index contributed by atoms with van der Waals surface area (Å²) in [5.74, 6) is 1.31. The normalized spacial score (nSPS) is 27.9. The van der Waals surface area contributed by atoms with E-state index in [4.69, 9.17) is 10.5 Å². The zero-order valence-corrected chi connectivity index (χ0v) is 11.3. The van der Waals surface area contributed by atoms with Crippen LogP contribution >= 0.6 is 0 Å². The molecule has 1 saturated carbocycles. The molecule has 96 valence electrons. The second kappa shape index (κ2) is 6.58. The molecular weight excluding hydrogens is 200 g/mol. The highest BCUT2D eigenvalue weighted by Crippen LogP contribution is 2.30. The Balaban J connectivity index is 2.61. The lowest BCUT2D eigenvalue weighted by Crippen LogP contribution is -2.48. The maximum absolute atomic E-state index is 5.85. The van der Waals surface area contributed by atoms with Gasteiger partial charge in [0.2, 0.25) is 0 Å². The van der Waals surface area contributed by atoms with Crippen LogP contribution in [0.25, 0.3) is 0 Å². The van der Waals surface area contributed by atoms with Crippen LogP contribution in [0.3, 0.4) is 0 Å². The van der Waals surface area contributed by atoms with Crippen LogP contribution in [0.4, 0.5) is 0 Å². The van der Waals surface area contributed by atoms with Crippen molar-refractivity contribution in [3.63, 3.8) is 0 Å². The number of rotatable bonds is 6. The van der Waals surface area contributed by atoms with Crippen molar-refractivity contribution < 1.29 is 4.74 Å². The van der Waals surface area contributed by atoms with Crippen LogP contribution in [-0.2, 0) is 4.74 Å². The van der Waals surface area contributed by atoms with E-state index in [1.54, 1.807) is 7.11 Å². The summed E-state index contributed by atoms with van der Waals surface area (Å²) in [6.45, 7) is 6.19. The van der Waals surface area contributed by atoms with Gasteiger partial charge in [-0.1, -0.05) is 20.3 Å². The molecule has 0 heterocycles. The summed E-state index contributed by atoms with van der Waals surface area (Å²) in [5.41, 5.74) is 5.85. The van der Waals surface area contributed by atoms with Crippen LogP contribution in [0.2, 0.25) is 0 Å². The lowest BCUT2D eigenvalue weighted by Gasteiger charge is -2.37. The SMILES string of the molecule is COCC(C(C)C)N(C)C1CCCC1CN. The maximum atomic E-state index is 5.85. The monoisotopic (exact) mass is 228 g/mol. The van der Waals surface area contributed by atoms with Crippen molar-refractivity contribution in [2.45, 2.75) is 45.2 Å². The Morgan fingerprint density at radius 1 is 1.38 bits per heavy atom. The van der Waals surface area contributed by atoms with Crippen molar-refractivity contribution in [2.75, 3.05) is 27.3 Å². The zero-order valence-electron chi connectivity index (χ0n) is 11.3. The molecule has 3 atom stereocenters. The Kier molecular flexibility index (Phi) is 5.73. The van der Waals surface area contributed by atoms with Gasteiger partial charge in [-0.3, -0.25) is 4.90 Å². The first-order chi connectivity index (χ1) is 7.61. The van der Waals surface area contributed by atoms with Gasteiger partial charge in [-0.15, -0.1) is 0 Å². The van der Waals surface area contributed by atoms with Crippen LogP contribution in [0, 0.1) is 11.8 Å². The Hall–Kier alpha value is -0.120. The molecular formula is C13H28N2O. The van der Waals surface area contributed by atoms with Crippen molar-refractivity contribution in [1.29, 1.82) is 0 Å². The molecule has 0 spiro atoms. The summed E-state index contributed by atoms with van der Waals surface area (Å²) < 4.78 is 5.34. The Morgan fingerprint density at radius 2 is 2.06 bits per heavy atom. The molecule has 1 rings (SSSR count). The standard InChI is InChI=1S/C13H28N2O/c1-10(2)13(9-16-4)15(3)12-7-5-6-11(12)8-14/h10-13H,5-9,14H2,1-4H3. The van der Waals surface area contributed by atoms with E-state index in [9.17, 15) is 0 Å². The fourth-order valence-corrected chi connectivity index (χ4v) is 3.03. The number of nitrogens with zero attached hydrogens (tertiary/aromatic N) is 1. The largest absolute Gasteiger partial charge is 0.383 e. The summed E-state index contributed by atoms with van der Waals surface area (Å²) in [7, 11) is 4.03. The maximum Gasteiger partial charge on any atom is 0.0620 e. The van der Waals surface area contributed by atoms with Gasteiger partial charge in [-0.2, -0.15) is 0 Å². The van der Waals surface area contributed by atoms with Gasteiger partial charge in [0.05, 0.1) is 6.61 Å². The highest BCUT2D eigenvalue weighted by Gasteiger charge is 2.33. The van der Waals surface area contributed by atoms with Crippen molar-refractivity contribution in [3.05, 3.63) is 0 Å². The average Bonchev–Trinajstić information content (AvgIpc) is 2.72. The predicted octanol–water partition coefficient (Wildman–Crippen LogP) is 1.72. The van der Waals surface area contributed by atoms with Crippen molar-refractivity contribution in [2.24, 2.45) is 17.6 Å². The third-order valence-corrected chi connectivity index (χ3v) is 4.07. The average molecular weight is 228 g/mol. The highest BCUT2D eigenvalue weighted by atomic mass is 16.5. The Labute approximate surface area is 100 Å². The molecule has 0 radical (unpaired) electrons. The van der Waals surface area contributed by atoms with Gasteiger partial charge < -0.3 is 10.5 Å². The van der Waals surface area contributed by atoms with Crippen LogP contribution in [0.15, 0.2) is 0 Å². The molecule has 1 aliphatic rings. The Morgan fingerprint density at radius 3 is 2.56 bits per heavy atom. The third kappa shape index (κ3) is 3.19. The Bertz CT molecular complexity index is 194. The lowest BCUT2D eigenvalue weighted by molar-refractivity contribution is 0.0443. The summed E-state index contributed by atoms with van der Waals surface area (Å²) in [6, 6.07) is 1.18. The number of nitrogens with two attached hydrogens (primary N) is 1. The van der Waals surface area contributed by atoms with E-state index >= 15 is 0 Å². The van der Waals surface area contributed by atoms with E-state index in [0.29, 0.717) is 23.9 Å². The first-order valence-corrected chi connectivity index (χ1v) is 6.52. The van der Waals surface area contributed by atoms with Gasteiger partial charge in [0.25, 0.3) is 0 Å². The minimum Gasteiger partial charge on any atom is -0.383 e. The molecule has 3 unspecified atom stereocenters. The van der Waals surface area contributed by atoms with Crippen molar-refractivity contribution >= 4 is 0 Å². The summed E-state index contributed by atoms with van der Waals surface area (Å²) in [4.78, 5) is 2.51. The molecule has 0 bridgehead atoms. The van der Waals surface area contributed by atoms with E-state index in [2.05, 4.69) is 25.8 Å². The lowest BCUT2D eigenvalue weighted by atomic mass is 9.97. The smallest absolute Gasteiger partial charge is 0.0620 e. The van der Waals surface area contributed by atoms with Crippen LogP contribution < -0.4 is 5.73 Å². The number of hydrogen-bond donors (Lipinski definition) is 1. The zero-order chi connectivity index (χ0) is 12.1. The van der Waals surface area contributed by atoms with Gasteiger partial charge in [-0.25, -0.2) is 0 Å². The van der Waals surface area contributed by atoms with Gasteiger partial charge >= 0.3 is 0 Å². The topological polar surface area (TPSA) is 38.5 Å². The molecule has 0 amide bonds. The third-order valence-electron chi connectivity index (χ3n) is 4.07. The van der Waals surface area contributed by atoms with Gasteiger partial charge in [0.1, 0.15) is 0 Å². The van der Waals surface area contributed by atoms with E-state index in [1.807, 2.05) is 0 Å². The fourth-order valence-electron chi connectivity index (χ4n) is 3.03. The minimum atomic E-state index is 0.516. The van der Waals surface area contributed by atoms with Crippen LogP contribution in [0.1, 0.15) is 33.1 Å². The molecule has 1 fully saturated rings. The second-order valence-electron chi connectivity index (χ2n) is 5.43. The van der Waals surface area contributed by atoms with Gasteiger partial charge in [0, 0.05) is 19.2 Å². The van der Waals surface area contributed by atoms with E-state index in [-0.39, 0.29) is 0 Å². The molecule has 3 nitrogen and oxygen atoms in total. The molecule has 0 aromatic carbocycles. The minimum absolute atomic E-state index is 0.516. The van der Waals surface area contributed by atoms with E-state index < -0.39 is 0 Å². The van der Waals surface area contributed by atoms with Crippen molar-refractivity contribution in [1.82, 2.24) is 4.90 Å². The number of ether oxygens (including phenoxy) is 1. The second-order valence-corrected chi connectivity index (χ2v) is 5.43. The molecule has 3 heteroatoms. The van der Waals surface area contributed by atoms with Gasteiger partial charge in [0.15, 0.2) is 0 Å². The molecule has 2 N–H and O–H groups in total. The molecule has 0 aromatic heterocycles. The van der Waals surface area contributed by atoms with Crippen molar-refractivity contribution in [3.8, 4) is 0 Å². The fraction of sp³-hybridized carbons (Fsp3) is 1.00. The van der Waals surface area contributed by atoms with Crippen LogP contribution in [-0.4, -0.2) is 44.3 Å². The number of hydrogen-bond acceptors (Lipinski definition) is 3.